The van der Waals surface area contributed by atoms with Crippen LogP contribution < -0.4 is 5.32 Å². The first kappa shape index (κ1) is 17.0. The van der Waals surface area contributed by atoms with Crippen LogP contribution in [-0.2, 0) is 9.59 Å². The molecule has 20 heavy (non-hydrogen) atoms. The summed E-state index contributed by atoms with van der Waals surface area (Å²) in [5.41, 5.74) is -0.298. The second-order valence-corrected chi connectivity index (χ2v) is 8.52. The summed E-state index contributed by atoms with van der Waals surface area (Å²) in [5, 5.41) is 2.92. The van der Waals surface area contributed by atoms with Crippen molar-refractivity contribution in [1.82, 2.24) is 10.2 Å². The molecule has 1 rings (SSSR count). The second kappa shape index (κ2) is 5.38. The van der Waals surface area contributed by atoms with Gasteiger partial charge in [0.2, 0.25) is 11.8 Å². The average Bonchev–Trinajstić information content (AvgIpc) is 2.18. The normalized spacial score (nSPS) is 25.1. The number of carbonyl (C=O) groups excluding carboxylic acids is 2. The number of carbonyl (C=O) groups is 2. The fourth-order valence-electron chi connectivity index (χ4n) is 2.67. The van der Waals surface area contributed by atoms with Crippen molar-refractivity contribution in [2.24, 2.45) is 16.7 Å². The van der Waals surface area contributed by atoms with Crippen LogP contribution in [0.25, 0.3) is 0 Å². The van der Waals surface area contributed by atoms with E-state index in [9.17, 15) is 9.59 Å². The van der Waals surface area contributed by atoms with E-state index in [4.69, 9.17) is 0 Å². The summed E-state index contributed by atoms with van der Waals surface area (Å²) in [6, 6.07) is -0.798. The molecule has 4 heteroatoms. The molecule has 1 aliphatic heterocycles. The molecule has 2 atom stereocenters. The van der Waals surface area contributed by atoms with Crippen molar-refractivity contribution >= 4 is 11.8 Å². The summed E-state index contributed by atoms with van der Waals surface area (Å²) in [6.07, 6.45) is 0. The average molecular weight is 282 g/mol. The van der Waals surface area contributed by atoms with E-state index >= 15 is 0 Å². The van der Waals surface area contributed by atoms with Crippen molar-refractivity contribution in [3.63, 3.8) is 0 Å². The van der Waals surface area contributed by atoms with Crippen molar-refractivity contribution in [1.29, 1.82) is 0 Å². The van der Waals surface area contributed by atoms with Gasteiger partial charge in [-0.25, -0.2) is 0 Å². The van der Waals surface area contributed by atoms with Gasteiger partial charge in [-0.3, -0.25) is 9.59 Å². The van der Waals surface area contributed by atoms with Gasteiger partial charge in [-0.2, -0.15) is 0 Å². The maximum atomic E-state index is 12.8. The molecule has 0 bridgehead atoms. The SMILES string of the molecule is CC(C)C1C(=O)NC(C(C)(C)C)C(=O)N1CC(C)(C)C. The largest absolute Gasteiger partial charge is 0.342 e. The number of nitrogens with zero attached hydrogens (tertiary/aromatic N) is 1. The van der Waals surface area contributed by atoms with Crippen molar-refractivity contribution in [3.05, 3.63) is 0 Å². The lowest BCUT2D eigenvalue weighted by Gasteiger charge is -2.46. The third-order valence-electron chi connectivity index (χ3n) is 3.56. The number of nitrogens with one attached hydrogen (secondary N) is 1. The lowest BCUT2D eigenvalue weighted by molar-refractivity contribution is -0.155. The quantitative estimate of drug-likeness (QED) is 0.845. The summed E-state index contributed by atoms with van der Waals surface area (Å²) in [7, 11) is 0. The third kappa shape index (κ3) is 3.74. The van der Waals surface area contributed by atoms with Crippen LogP contribution in [0.2, 0.25) is 0 Å². The van der Waals surface area contributed by atoms with Crippen LogP contribution in [0.1, 0.15) is 55.4 Å². The molecule has 1 aliphatic rings. The first-order valence-electron chi connectivity index (χ1n) is 7.45. The van der Waals surface area contributed by atoms with E-state index in [2.05, 4.69) is 26.1 Å². The van der Waals surface area contributed by atoms with Gasteiger partial charge in [0.05, 0.1) is 0 Å². The fourth-order valence-corrected chi connectivity index (χ4v) is 2.67. The zero-order valence-corrected chi connectivity index (χ0v) is 14.2. The van der Waals surface area contributed by atoms with E-state index in [1.54, 1.807) is 4.90 Å². The molecule has 1 saturated heterocycles. The van der Waals surface area contributed by atoms with Crippen LogP contribution in [0.5, 0.6) is 0 Å². The Labute approximate surface area is 123 Å². The molecule has 0 aromatic rings. The summed E-state index contributed by atoms with van der Waals surface area (Å²) in [5.74, 6) is 0.136. The van der Waals surface area contributed by atoms with Gasteiger partial charge >= 0.3 is 0 Å². The minimum Gasteiger partial charge on any atom is -0.342 e. The first-order valence-corrected chi connectivity index (χ1v) is 7.45. The number of hydrogen-bond acceptors (Lipinski definition) is 2. The summed E-state index contributed by atoms with van der Waals surface area (Å²) >= 11 is 0. The lowest BCUT2D eigenvalue weighted by Crippen LogP contribution is -2.68. The Balaban J connectivity index is 3.14. The van der Waals surface area contributed by atoms with Crippen LogP contribution in [0.4, 0.5) is 0 Å². The highest BCUT2D eigenvalue weighted by atomic mass is 16.2. The Bertz CT molecular complexity index is 388. The molecule has 0 aromatic carbocycles. The molecule has 0 spiro atoms. The Kier molecular flexibility index (Phi) is 4.57. The van der Waals surface area contributed by atoms with Crippen molar-refractivity contribution in [2.45, 2.75) is 67.5 Å². The molecule has 0 saturated carbocycles. The Hall–Kier alpha value is -1.06. The smallest absolute Gasteiger partial charge is 0.246 e. The van der Waals surface area contributed by atoms with E-state index in [1.165, 1.54) is 0 Å². The maximum absolute atomic E-state index is 12.8. The van der Waals surface area contributed by atoms with Gasteiger partial charge in [-0.05, 0) is 16.7 Å². The van der Waals surface area contributed by atoms with Crippen molar-refractivity contribution in [2.75, 3.05) is 6.54 Å². The van der Waals surface area contributed by atoms with Crippen molar-refractivity contribution in [3.8, 4) is 0 Å². The first-order chi connectivity index (χ1) is 8.84. The molecule has 2 unspecified atom stereocenters. The highest BCUT2D eigenvalue weighted by molar-refractivity contribution is 5.97. The molecule has 0 aliphatic carbocycles. The summed E-state index contributed by atoms with van der Waals surface area (Å²) in [6.45, 7) is 16.8. The highest BCUT2D eigenvalue weighted by Crippen LogP contribution is 2.29. The van der Waals surface area contributed by atoms with E-state index < -0.39 is 6.04 Å². The van der Waals surface area contributed by atoms with Crippen LogP contribution in [0.3, 0.4) is 0 Å². The van der Waals surface area contributed by atoms with Gasteiger partial charge in [-0.15, -0.1) is 0 Å². The van der Waals surface area contributed by atoms with Crippen LogP contribution in [-0.4, -0.2) is 35.3 Å². The van der Waals surface area contributed by atoms with E-state index in [-0.39, 0.29) is 34.6 Å². The van der Waals surface area contributed by atoms with Crippen LogP contribution >= 0.6 is 0 Å². The van der Waals surface area contributed by atoms with Gasteiger partial charge in [0.15, 0.2) is 0 Å². The number of piperazine rings is 1. The van der Waals surface area contributed by atoms with Gasteiger partial charge in [0, 0.05) is 6.54 Å². The van der Waals surface area contributed by atoms with Gasteiger partial charge < -0.3 is 10.2 Å². The van der Waals surface area contributed by atoms with Crippen molar-refractivity contribution < 1.29 is 9.59 Å². The van der Waals surface area contributed by atoms with E-state index in [0.29, 0.717) is 6.54 Å². The monoisotopic (exact) mass is 282 g/mol. The Morgan fingerprint density at radius 1 is 1.10 bits per heavy atom. The fraction of sp³-hybridized carbons (Fsp3) is 0.875. The summed E-state index contributed by atoms with van der Waals surface area (Å²) < 4.78 is 0. The van der Waals surface area contributed by atoms with Crippen LogP contribution in [0, 0.1) is 16.7 Å². The molecule has 0 aromatic heterocycles. The zero-order chi connectivity index (χ0) is 15.9. The Morgan fingerprint density at radius 2 is 1.60 bits per heavy atom. The van der Waals surface area contributed by atoms with Gasteiger partial charge in [0.1, 0.15) is 12.1 Å². The second-order valence-electron chi connectivity index (χ2n) is 8.52. The van der Waals surface area contributed by atoms with E-state index in [1.807, 2.05) is 34.6 Å². The van der Waals surface area contributed by atoms with Crippen LogP contribution in [0.15, 0.2) is 0 Å². The molecule has 1 heterocycles. The summed E-state index contributed by atoms with van der Waals surface area (Å²) in [4.78, 5) is 27.0. The molecule has 4 nitrogen and oxygen atoms in total. The number of amides is 2. The molecular weight excluding hydrogens is 252 g/mol. The minimum atomic E-state index is -0.438. The highest BCUT2D eigenvalue weighted by Gasteiger charge is 2.46. The standard InChI is InChI=1S/C16H30N2O2/c1-10(2)11-13(19)17-12(16(6,7)8)14(20)18(11)9-15(3,4)5/h10-12H,9H2,1-8H3,(H,17,19). The molecule has 116 valence electrons. The molecule has 0 radical (unpaired) electrons. The zero-order valence-electron chi connectivity index (χ0n) is 14.2. The molecular formula is C16H30N2O2. The number of rotatable bonds is 2. The molecule has 1 N–H and O–H groups in total. The number of hydrogen-bond donors (Lipinski definition) is 1. The third-order valence-corrected chi connectivity index (χ3v) is 3.56. The Morgan fingerprint density at radius 3 is 1.95 bits per heavy atom. The minimum absolute atomic E-state index is 0.0243. The predicted molar refractivity (Wildman–Crippen MR) is 81.2 cm³/mol. The van der Waals surface area contributed by atoms with Gasteiger partial charge in [-0.1, -0.05) is 55.4 Å². The maximum Gasteiger partial charge on any atom is 0.246 e. The predicted octanol–water partition coefficient (Wildman–Crippen LogP) is 2.43. The topological polar surface area (TPSA) is 49.4 Å². The lowest BCUT2D eigenvalue weighted by atomic mass is 9.81. The van der Waals surface area contributed by atoms with Gasteiger partial charge in [0.25, 0.3) is 0 Å². The van der Waals surface area contributed by atoms with E-state index in [0.717, 1.165) is 0 Å². The molecule has 2 amide bonds. The molecule has 1 fully saturated rings.